The first-order valence-corrected chi connectivity index (χ1v) is 9.40. The van der Waals surface area contributed by atoms with E-state index in [0.29, 0.717) is 17.1 Å². The van der Waals surface area contributed by atoms with Gasteiger partial charge >= 0.3 is 6.18 Å². The van der Waals surface area contributed by atoms with Crippen LogP contribution < -0.4 is 16.0 Å². The van der Waals surface area contributed by atoms with E-state index in [-0.39, 0.29) is 30.6 Å². The van der Waals surface area contributed by atoms with Gasteiger partial charge in [0.15, 0.2) is 0 Å². The van der Waals surface area contributed by atoms with Gasteiger partial charge in [0, 0.05) is 12.7 Å². The van der Waals surface area contributed by atoms with Gasteiger partial charge in [-0.3, -0.25) is 4.79 Å². The summed E-state index contributed by atoms with van der Waals surface area (Å²) in [5.74, 6) is -0.536. The van der Waals surface area contributed by atoms with Crippen molar-refractivity contribution in [2.24, 2.45) is 0 Å². The average molecular weight is 427 g/mol. The van der Waals surface area contributed by atoms with E-state index in [1.807, 2.05) is 0 Å². The molecule has 1 aliphatic heterocycles. The van der Waals surface area contributed by atoms with Gasteiger partial charge in [-0.25, -0.2) is 4.98 Å². The molecule has 1 amide bonds. The van der Waals surface area contributed by atoms with Crippen molar-refractivity contribution in [1.82, 2.24) is 9.97 Å². The fourth-order valence-electron chi connectivity index (χ4n) is 3.32. The fraction of sp³-hybridized carbons (Fsp3) is 0.190. The molecule has 160 valence electrons. The van der Waals surface area contributed by atoms with Crippen molar-refractivity contribution < 1.29 is 18.0 Å². The summed E-state index contributed by atoms with van der Waals surface area (Å²) in [7, 11) is 1.61. The van der Waals surface area contributed by atoms with Gasteiger partial charge in [-0.2, -0.15) is 18.2 Å². The van der Waals surface area contributed by atoms with Crippen LogP contribution >= 0.6 is 0 Å². The number of nitrogens with one attached hydrogen (secondary N) is 3. The van der Waals surface area contributed by atoms with Gasteiger partial charge in [0.2, 0.25) is 11.9 Å². The molecule has 3 N–H and O–H groups in total. The molecule has 0 radical (unpaired) electrons. The maximum atomic E-state index is 13.5. The number of carbonyl (C=O) groups excluding carboxylic acids is 1. The lowest BCUT2D eigenvalue weighted by Crippen LogP contribution is -2.14. The van der Waals surface area contributed by atoms with E-state index in [9.17, 15) is 18.0 Å². The molecule has 31 heavy (non-hydrogen) atoms. The van der Waals surface area contributed by atoms with Crippen LogP contribution in [-0.4, -0.2) is 22.9 Å². The largest absolute Gasteiger partial charge is 0.687 e. The fourth-order valence-corrected chi connectivity index (χ4v) is 3.32. The third-order valence-corrected chi connectivity index (χ3v) is 4.79. The number of alkyl halides is 3. The van der Waals surface area contributed by atoms with Gasteiger partial charge in [0.05, 0.1) is 17.8 Å². The van der Waals surface area contributed by atoms with Gasteiger partial charge in [-0.1, -0.05) is 36.4 Å². The Kier molecular flexibility index (Phi) is 5.37. The van der Waals surface area contributed by atoms with Crippen LogP contribution in [0, 0.1) is 0 Å². The van der Waals surface area contributed by atoms with E-state index in [1.54, 1.807) is 49.5 Å². The summed E-state index contributed by atoms with van der Waals surface area (Å²) < 4.78 is 40.5. The zero-order valence-electron chi connectivity index (χ0n) is 16.4. The molecule has 1 aromatic heterocycles. The first-order valence-electron chi connectivity index (χ1n) is 9.40. The molecular weight excluding hydrogens is 409 g/mol. The summed E-state index contributed by atoms with van der Waals surface area (Å²) in [6, 6.07) is 12.4. The minimum atomic E-state index is -4.63. The number of para-hydroxylation sites is 2. The summed E-state index contributed by atoms with van der Waals surface area (Å²) in [6.45, 7) is 0.101. The molecule has 0 fully saturated rings. The van der Waals surface area contributed by atoms with E-state index in [4.69, 9.17) is 0 Å². The topological polar surface area (TPSA) is 93.0 Å². The first-order chi connectivity index (χ1) is 14.8. The van der Waals surface area contributed by atoms with Crippen molar-refractivity contribution in [3.05, 3.63) is 70.7 Å². The normalized spacial score (nSPS) is 12.8. The second kappa shape index (κ2) is 8.13. The van der Waals surface area contributed by atoms with Crippen LogP contribution in [0.1, 0.15) is 16.7 Å². The van der Waals surface area contributed by atoms with E-state index in [2.05, 4.69) is 31.2 Å². The van der Waals surface area contributed by atoms with Crippen LogP contribution in [-0.2, 0) is 23.9 Å². The van der Waals surface area contributed by atoms with Crippen LogP contribution in [0.3, 0.4) is 0 Å². The highest BCUT2D eigenvalue weighted by molar-refractivity contribution is 6.03. The van der Waals surface area contributed by atoms with Gasteiger partial charge in [-0.05, 0) is 17.2 Å². The molecular formula is C21H18F3N6O-. The Hall–Kier alpha value is -3.82. The number of hydrogen-bond donors (Lipinski definition) is 3. The third-order valence-electron chi connectivity index (χ3n) is 4.79. The Morgan fingerprint density at radius 3 is 2.74 bits per heavy atom. The second-order valence-corrected chi connectivity index (χ2v) is 6.85. The van der Waals surface area contributed by atoms with E-state index in [0.717, 1.165) is 17.3 Å². The van der Waals surface area contributed by atoms with Gasteiger partial charge in [0.25, 0.3) is 0 Å². The average Bonchev–Trinajstić information content (AvgIpc) is 3.13. The highest BCUT2D eigenvalue weighted by Gasteiger charge is 2.35. The molecule has 3 aromatic rings. The Balaban J connectivity index is 1.63. The number of hydrogen-bond acceptors (Lipinski definition) is 5. The number of fused-ring (bicyclic) bond motifs is 1. The highest BCUT2D eigenvalue weighted by Crippen LogP contribution is 2.36. The molecule has 0 saturated carbocycles. The predicted octanol–water partition coefficient (Wildman–Crippen LogP) is 4.98. The lowest BCUT2D eigenvalue weighted by molar-refractivity contribution is -0.137. The summed E-state index contributed by atoms with van der Waals surface area (Å²) in [4.78, 5) is 19.5. The molecule has 0 bridgehead atoms. The predicted molar refractivity (Wildman–Crippen MR) is 112 cm³/mol. The van der Waals surface area contributed by atoms with Crippen molar-refractivity contribution in [2.75, 3.05) is 23.0 Å². The summed E-state index contributed by atoms with van der Waals surface area (Å²) >= 11 is 0. The number of carbonyl (C=O) groups is 1. The van der Waals surface area contributed by atoms with Crippen molar-refractivity contribution >= 4 is 34.7 Å². The number of anilines is 4. The zero-order chi connectivity index (χ0) is 22.0. The minimum Gasteiger partial charge on any atom is -0.687 e. The molecule has 2 heterocycles. The first kappa shape index (κ1) is 20.5. The highest BCUT2D eigenvalue weighted by atomic mass is 19.4. The zero-order valence-corrected chi connectivity index (χ0v) is 16.4. The maximum Gasteiger partial charge on any atom is 0.421 e. The SMILES string of the molecule is C[N-]c1ccccc1CNc1nc(Nc2cccc3c2NC(=O)C3)ncc1C(F)(F)F. The number of amides is 1. The Bertz CT molecular complexity index is 1130. The van der Waals surface area contributed by atoms with Crippen LogP contribution in [0.25, 0.3) is 5.32 Å². The lowest BCUT2D eigenvalue weighted by atomic mass is 10.1. The summed E-state index contributed by atoms with van der Waals surface area (Å²) in [5, 5.41) is 12.5. The monoisotopic (exact) mass is 427 g/mol. The minimum absolute atomic E-state index is 0.0292. The molecule has 0 aliphatic carbocycles. The molecule has 0 spiro atoms. The standard InChI is InChI=1S/C21H18F3N6O/c1-25-15-7-3-2-5-13(15)10-26-19-14(21(22,23)24)11-27-20(30-19)28-16-8-4-6-12-9-17(31)29-18(12)16/h2-8,11H,9-10H2,1H3,(H,29,31)(H2,26,27,28,30)/q-1. The molecule has 0 saturated heterocycles. The number of aromatic nitrogens is 2. The Labute approximate surface area is 176 Å². The summed E-state index contributed by atoms with van der Waals surface area (Å²) in [5.41, 5.74) is 2.30. The maximum absolute atomic E-state index is 13.5. The molecule has 4 rings (SSSR count). The second-order valence-electron chi connectivity index (χ2n) is 6.85. The lowest BCUT2D eigenvalue weighted by Gasteiger charge is -2.21. The van der Waals surface area contributed by atoms with Crippen molar-refractivity contribution in [3.63, 3.8) is 0 Å². The Morgan fingerprint density at radius 2 is 1.97 bits per heavy atom. The van der Waals surface area contributed by atoms with Crippen molar-refractivity contribution in [3.8, 4) is 0 Å². The van der Waals surface area contributed by atoms with Crippen LogP contribution in [0.4, 0.5) is 42.0 Å². The quantitative estimate of drug-likeness (QED) is 0.516. The molecule has 2 aromatic carbocycles. The smallest absolute Gasteiger partial charge is 0.421 e. The van der Waals surface area contributed by atoms with Crippen LogP contribution in [0.2, 0.25) is 0 Å². The summed E-state index contributed by atoms with van der Waals surface area (Å²) in [6.07, 6.45) is -3.65. The van der Waals surface area contributed by atoms with Crippen LogP contribution in [0.5, 0.6) is 0 Å². The van der Waals surface area contributed by atoms with Gasteiger partial charge in [-0.15, -0.1) is 12.7 Å². The molecule has 0 unspecified atom stereocenters. The van der Waals surface area contributed by atoms with E-state index in [1.165, 1.54) is 0 Å². The number of rotatable bonds is 6. The van der Waals surface area contributed by atoms with Gasteiger partial charge < -0.3 is 21.3 Å². The van der Waals surface area contributed by atoms with Crippen molar-refractivity contribution in [2.45, 2.75) is 19.1 Å². The van der Waals surface area contributed by atoms with Gasteiger partial charge in [0.1, 0.15) is 11.4 Å². The molecule has 7 nitrogen and oxygen atoms in total. The molecule has 0 atom stereocenters. The van der Waals surface area contributed by atoms with Crippen LogP contribution in [0.15, 0.2) is 48.7 Å². The molecule has 1 aliphatic rings. The number of halogens is 3. The van der Waals surface area contributed by atoms with Crippen molar-refractivity contribution in [1.29, 1.82) is 0 Å². The number of nitrogens with zero attached hydrogens (tertiary/aromatic N) is 3. The Morgan fingerprint density at radius 1 is 1.16 bits per heavy atom. The van der Waals surface area contributed by atoms with E-state index < -0.39 is 11.7 Å². The van der Waals surface area contributed by atoms with E-state index >= 15 is 0 Å². The molecule has 10 heteroatoms. The third kappa shape index (κ3) is 4.37. The number of benzene rings is 2.